The van der Waals surface area contributed by atoms with E-state index in [9.17, 15) is 9.59 Å². The quantitative estimate of drug-likeness (QED) is 0.501. The Labute approximate surface area is 185 Å². The molecule has 2 amide bonds. The van der Waals surface area contributed by atoms with E-state index in [0.29, 0.717) is 13.0 Å². The summed E-state index contributed by atoms with van der Waals surface area (Å²) in [6.07, 6.45) is 2.05. The van der Waals surface area contributed by atoms with Crippen LogP contribution in [0.4, 0.5) is 0 Å². The number of carbonyl (C=O) groups excluding carboxylic acids is 2. The smallest absolute Gasteiger partial charge is 0.242 e. The van der Waals surface area contributed by atoms with Crippen LogP contribution in [0.1, 0.15) is 44.7 Å². The second kappa shape index (κ2) is 13.1. The van der Waals surface area contributed by atoms with Crippen LogP contribution in [-0.2, 0) is 21.8 Å². The Morgan fingerprint density at radius 1 is 0.967 bits per heavy atom. The fourth-order valence-electron chi connectivity index (χ4n) is 3.10. The third-order valence-corrected chi connectivity index (χ3v) is 6.25. The van der Waals surface area contributed by atoms with Gasteiger partial charge in [-0.2, -0.15) is 11.8 Å². The molecule has 0 fully saturated rings. The molecule has 0 aromatic heterocycles. The van der Waals surface area contributed by atoms with Gasteiger partial charge in [-0.1, -0.05) is 67.6 Å². The van der Waals surface area contributed by atoms with Gasteiger partial charge in [0.2, 0.25) is 11.8 Å². The number of thioether (sulfide) groups is 1. The average Bonchev–Trinajstić information content (AvgIpc) is 2.78. The second-order valence-electron chi connectivity index (χ2n) is 7.60. The zero-order valence-corrected chi connectivity index (χ0v) is 19.2. The van der Waals surface area contributed by atoms with E-state index in [0.717, 1.165) is 24.3 Å². The van der Waals surface area contributed by atoms with Gasteiger partial charge in [0.1, 0.15) is 6.04 Å². The number of benzene rings is 2. The molecule has 5 heteroatoms. The van der Waals surface area contributed by atoms with Gasteiger partial charge in [-0.3, -0.25) is 9.59 Å². The van der Waals surface area contributed by atoms with E-state index in [1.54, 1.807) is 16.7 Å². The summed E-state index contributed by atoms with van der Waals surface area (Å²) in [7, 11) is 0. The average molecular weight is 427 g/mol. The van der Waals surface area contributed by atoms with E-state index in [2.05, 4.69) is 29.6 Å². The van der Waals surface area contributed by atoms with Crippen molar-refractivity contribution in [3.63, 3.8) is 0 Å². The fraction of sp³-hybridized carbons (Fsp3) is 0.440. The molecule has 4 nitrogen and oxygen atoms in total. The number of nitrogens with one attached hydrogen (secondary N) is 1. The summed E-state index contributed by atoms with van der Waals surface area (Å²) in [6.45, 7) is 6.40. The third-order valence-electron chi connectivity index (χ3n) is 5.22. The number of carbonyl (C=O) groups is 2. The Kier molecular flexibility index (Phi) is 10.5. The SMILES string of the molecule is CC[C@@H](C)NC(=O)[C@@H](C)N(CCc1ccccc1)C(=O)CCSCc1ccccc1. The monoisotopic (exact) mass is 426 g/mol. The van der Waals surface area contributed by atoms with E-state index in [1.165, 1.54) is 11.1 Å². The molecule has 1 N–H and O–H groups in total. The Bertz CT molecular complexity index is 767. The van der Waals surface area contributed by atoms with Gasteiger partial charge in [-0.05, 0) is 37.8 Å². The largest absolute Gasteiger partial charge is 0.352 e. The molecule has 0 aliphatic carbocycles. The highest BCUT2D eigenvalue weighted by Gasteiger charge is 2.26. The molecule has 2 rings (SSSR count). The van der Waals surface area contributed by atoms with Crippen molar-refractivity contribution in [1.29, 1.82) is 0 Å². The molecule has 0 bridgehead atoms. The van der Waals surface area contributed by atoms with Crippen molar-refractivity contribution in [1.82, 2.24) is 10.2 Å². The zero-order chi connectivity index (χ0) is 21.8. The van der Waals surface area contributed by atoms with Gasteiger partial charge >= 0.3 is 0 Å². The standard InChI is InChI=1S/C25H34N2O2S/c1-4-20(2)26-25(29)21(3)27(17-15-22-11-7-5-8-12-22)24(28)16-18-30-19-23-13-9-6-10-14-23/h5-14,20-21H,4,15-19H2,1-3H3,(H,26,29)/t20-,21-/m1/s1. The summed E-state index contributed by atoms with van der Waals surface area (Å²) < 4.78 is 0. The predicted octanol–water partition coefficient (Wildman–Crippen LogP) is 4.68. The minimum Gasteiger partial charge on any atom is -0.352 e. The van der Waals surface area contributed by atoms with E-state index >= 15 is 0 Å². The molecule has 2 atom stereocenters. The van der Waals surface area contributed by atoms with Gasteiger partial charge < -0.3 is 10.2 Å². The van der Waals surface area contributed by atoms with Crippen LogP contribution in [0.2, 0.25) is 0 Å². The molecule has 0 spiro atoms. The Morgan fingerprint density at radius 2 is 1.57 bits per heavy atom. The lowest BCUT2D eigenvalue weighted by atomic mass is 10.1. The van der Waals surface area contributed by atoms with Crippen LogP contribution < -0.4 is 5.32 Å². The van der Waals surface area contributed by atoms with Crippen LogP contribution in [0.25, 0.3) is 0 Å². The van der Waals surface area contributed by atoms with Crippen molar-refractivity contribution in [2.75, 3.05) is 12.3 Å². The summed E-state index contributed by atoms with van der Waals surface area (Å²) in [4.78, 5) is 27.4. The van der Waals surface area contributed by atoms with Crippen molar-refractivity contribution >= 4 is 23.6 Å². The topological polar surface area (TPSA) is 49.4 Å². The van der Waals surface area contributed by atoms with Crippen molar-refractivity contribution < 1.29 is 9.59 Å². The van der Waals surface area contributed by atoms with Crippen molar-refractivity contribution in [2.45, 2.75) is 57.9 Å². The molecule has 0 aliphatic heterocycles. The highest BCUT2D eigenvalue weighted by atomic mass is 32.2. The molecule has 162 valence electrons. The van der Waals surface area contributed by atoms with Gasteiger partial charge in [-0.15, -0.1) is 0 Å². The normalized spacial score (nSPS) is 12.8. The van der Waals surface area contributed by atoms with Gasteiger partial charge in [0.25, 0.3) is 0 Å². The van der Waals surface area contributed by atoms with Crippen LogP contribution in [0.5, 0.6) is 0 Å². The first-order valence-corrected chi connectivity index (χ1v) is 11.9. The summed E-state index contributed by atoms with van der Waals surface area (Å²) in [5.41, 5.74) is 2.43. The van der Waals surface area contributed by atoms with Gasteiger partial charge in [0.15, 0.2) is 0 Å². The molecule has 2 aromatic rings. The van der Waals surface area contributed by atoms with Gasteiger partial charge in [0.05, 0.1) is 0 Å². The maximum atomic E-state index is 13.0. The number of nitrogens with zero attached hydrogens (tertiary/aromatic N) is 1. The van der Waals surface area contributed by atoms with Gasteiger partial charge in [-0.25, -0.2) is 0 Å². The van der Waals surface area contributed by atoms with E-state index in [4.69, 9.17) is 0 Å². The molecule has 30 heavy (non-hydrogen) atoms. The number of rotatable bonds is 12. The predicted molar refractivity (Wildman–Crippen MR) is 126 cm³/mol. The van der Waals surface area contributed by atoms with E-state index in [-0.39, 0.29) is 17.9 Å². The lowest BCUT2D eigenvalue weighted by molar-refractivity contribution is -0.139. The summed E-state index contributed by atoms with van der Waals surface area (Å²) in [5, 5.41) is 3.01. The lowest BCUT2D eigenvalue weighted by Gasteiger charge is -2.29. The first-order valence-electron chi connectivity index (χ1n) is 10.8. The van der Waals surface area contributed by atoms with Crippen molar-refractivity contribution in [2.24, 2.45) is 0 Å². The summed E-state index contributed by atoms with van der Waals surface area (Å²) in [5.74, 6) is 1.60. The second-order valence-corrected chi connectivity index (χ2v) is 8.71. The molecule has 0 aliphatic rings. The molecule has 0 saturated carbocycles. The molecular formula is C25H34N2O2S. The number of hydrogen-bond donors (Lipinski definition) is 1. The molecule has 2 aromatic carbocycles. The molecule has 0 saturated heterocycles. The summed E-state index contributed by atoms with van der Waals surface area (Å²) in [6, 6.07) is 20.0. The highest BCUT2D eigenvalue weighted by Crippen LogP contribution is 2.15. The highest BCUT2D eigenvalue weighted by molar-refractivity contribution is 7.98. The maximum absolute atomic E-state index is 13.0. The Hall–Kier alpha value is -2.27. The Balaban J connectivity index is 1.94. The fourth-order valence-corrected chi connectivity index (χ4v) is 3.99. The van der Waals surface area contributed by atoms with E-state index < -0.39 is 6.04 Å². The molecular weight excluding hydrogens is 392 g/mol. The third kappa shape index (κ3) is 8.23. The van der Waals surface area contributed by atoms with Crippen LogP contribution in [0.15, 0.2) is 60.7 Å². The van der Waals surface area contributed by atoms with E-state index in [1.807, 2.05) is 57.2 Å². The maximum Gasteiger partial charge on any atom is 0.242 e. The zero-order valence-electron chi connectivity index (χ0n) is 18.3. The number of amides is 2. The molecule has 0 unspecified atom stereocenters. The van der Waals surface area contributed by atoms with Crippen molar-refractivity contribution in [3.8, 4) is 0 Å². The molecule has 0 heterocycles. The van der Waals surface area contributed by atoms with Crippen molar-refractivity contribution in [3.05, 3.63) is 71.8 Å². The minimum absolute atomic E-state index is 0.0401. The Morgan fingerprint density at radius 3 is 2.17 bits per heavy atom. The van der Waals surface area contributed by atoms with Crippen LogP contribution in [-0.4, -0.2) is 41.1 Å². The summed E-state index contributed by atoms with van der Waals surface area (Å²) >= 11 is 1.75. The van der Waals surface area contributed by atoms with Crippen LogP contribution in [0, 0.1) is 0 Å². The van der Waals surface area contributed by atoms with Crippen LogP contribution in [0.3, 0.4) is 0 Å². The lowest BCUT2D eigenvalue weighted by Crippen LogP contribution is -2.50. The number of hydrogen-bond acceptors (Lipinski definition) is 3. The van der Waals surface area contributed by atoms with Crippen LogP contribution >= 0.6 is 11.8 Å². The first-order chi connectivity index (χ1) is 14.5. The van der Waals surface area contributed by atoms with Gasteiger partial charge in [0, 0.05) is 30.5 Å². The molecule has 0 radical (unpaired) electrons. The first kappa shape index (κ1) is 24.0. The minimum atomic E-state index is -0.477.